The SMILES string of the molecule is CC(c1ccc(Cl)cc1)C1CCN(C(C)C)CC1. The number of nitrogens with zero attached hydrogens (tertiary/aromatic N) is 1. The van der Waals surface area contributed by atoms with Crippen molar-refractivity contribution in [1.29, 1.82) is 0 Å². The summed E-state index contributed by atoms with van der Waals surface area (Å²) in [6, 6.07) is 9.08. The van der Waals surface area contributed by atoms with Crippen molar-refractivity contribution in [3.63, 3.8) is 0 Å². The van der Waals surface area contributed by atoms with Gasteiger partial charge in [0.25, 0.3) is 0 Å². The molecule has 1 aromatic rings. The highest BCUT2D eigenvalue weighted by Crippen LogP contribution is 2.33. The molecule has 0 N–H and O–H groups in total. The molecule has 1 unspecified atom stereocenters. The van der Waals surface area contributed by atoms with E-state index in [2.05, 4.69) is 37.8 Å². The third-order valence-electron chi connectivity index (χ3n) is 4.41. The van der Waals surface area contributed by atoms with Crippen LogP contribution in [0.2, 0.25) is 5.02 Å². The number of likely N-dealkylation sites (tertiary alicyclic amines) is 1. The molecule has 1 aromatic carbocycles. The Kier molecular flexibility index (Phi) is 4.69. The molecule has 0 bridgehead atoms. The number of piperidine rings is 1. The standard InChI is InChI=1S/C16H24ClN/c1-12(2)18-10-8-15(9-11-18)13(3)14-4-6-16(17)7-5-14/h4-7,12-13,15H,8-11H2,1-3H3. The summed E-state index contributed by atoms with van der Waals surface area (Å²) in [7, 11) is 0. The van der Waals surface area contributed by atoms with Gasteiger partial charge >= 0.3 is 0 Å². The normalized spacial score (nSPS) is 20.3. The quantitative estimate of drug-likeness (QED) is 0.774. The summed E-state index contributed by atoms with van der Waals surface area (Å²) in [6.07, 6.45) is 2.64. The van der Waals surface area contributed by atoms with Crippen molar-refractivity contribution < 1.29 is 0 Å². The molecular formula is C16H24ClN. The minimum absolute atomic E-state index is 0.650. The number of rotatable bonds is 3. The van der Waals surface area contributed by atoms with Crippen LogP contribution >= 0.6 is 11.6 Å². The second kappa shape index (κ2) is 6.08. The Hall–Kier alpha value is -0.530. The first-order valence-electron chi connectivity index (χ1n) is 7.07. The molecule has 18 heavy (non-hydrogen) atoms. The molecule has 2 heteroatoms. The van der Waals surface area contributed by atoms with Crippen molar-refractivity contribution in [2.45, 2.75) is 45.6 Å². The predicted octanol–water partition coefficient (Wildman–Crippen LogP) is 4.56. The maximum atomic E-state index is 5.95. The fourth-order valence-corrected chi connectivity index (χ4v) is 3.10. The van der Waals surface area contributed by atoms with E-state index in [4.69, 9.17) is 11.6 Å². The lowest BCUT2D eigenvalue weighted by molar-refractivity contribution is 0.140. The van der Waals surface area contributed by atoms with Crippen LogP contribution in [0.25, 0.3) is 0 Å². The van der Waals surface area contributed by atoms with Crippen molar-refractivity contribution in [3.05, 3.63) is 34.9 Å². The van der Waals surface area contributed by atoms with Crippen LogP contribution in [0.4, 0.5) is 0 Å². The maximum absolute atomic E-state index is 5.95. The summed E-state index contributed by atoms with van der Waals surface area (Å²) in [6.45, 7) is 9.45. The average molecular weight is 266 g/mol. The van der Waals surface area contributed by atoms with Crippen molar-refractivity contribution in [2.75, 3.05) is 13.1 Å². The zero-order valence-electron chi connectivity index (χ0n) is 11.7. The Balaban J connectivity index is 1.95. The molecule has 0 amide bonds. The van der Waals surface area contributed by atoms with Crippen LogP contribution in [-0.4, -0.2) is 24.0 Å². The van der Waals surface area contributed by atoms with E-state index in [0.29, 0.717) is 12.0 Å². The smallest absolute Gasteiger partial charge is 0.0406 e. The summed E-state index contributed by atoms with van der Waals surface area (Å²) in [5.74, 6) is 1.47. The highest BCUT2D eigenvalue weighted by atomic mass is 35.5. The van der Waals surface area contributed by atoms with Gasteiger partial charge in [0.05, 0.1) is 0 Å². The zero-order valence-corrected chi connectivity index (χ0v) is 12.5. The Morgan fingerprint density at radius 2 is 1.61 bits per heavy atom. The Labute approximate surface area is 116 Å². The van der Waals surface area contributed by atoms with Crippen LogP contribution in [0.3, 0.4) is 0 Å². The lowest BCUT2D eigenvalue weighted by Gasteiger charge is -2.37. The van der Waals surface area contributed by atoms with E-state index in [1.807, 2.05) is 12.1 Å². The van der Waals surface area contributed by atoms with E-state index in [-0.39, 0.29) is 0 Å². The van der Waals surface area contributed by atoms with Gasteiger partial charge in [-0.3, -0.25) is 0 Å². The van der Waals surface area contributed by atoms with E-state index in [1.165, 1.54) is 31.5 Å². The summed E-state index contributed by atoms with van der Waals surface area (Å²) < 4.78 is 0. The molecule has 0 aliphatic carbocycles. The van der Waals surface area contributed by atoms with Gasteiger partial charge in [-0.25, -0.2) is 0 Å². The largest absolute Gasteiger partial charge is 0.301 e. The van der Waals surface area contributed by atoms with Crippen LogP contribution < -0.4 is 0 Å². The fraction of sp³-hybridized carbons (Fsp3) is 0.625. The van der Waals surface area contributed by atoms with Crippen LogP contribution in [0, 0.1) is 5.92 Å². The van der Waals surface area contributed by atoms with E-state index in [1.54, 1.807) is 0 Å². The highest BCUT2D eigenvalue weighted by molar-refractivity contribution is 6.30. The van der Waals surface area contributed by atoms with Gasteiger partial charge in [0, 0.05) is 11.1 Å². The van der Waals surface area contributed by atoms with E-state index in [9.17, 15) is 0 Å². The summed E-state index contributed by atoms with van der Waals surface area (Å²) >= 11 is 5.95. The number of hydrogen-bond acceptors (Lipinski definition) is 1. The molecule has 1 nitrogen and oxygen atoms in total. The maximum Gasteiger partial charge on any atom is 0.0406 e. The molecule has 0 saturated carbocycles. The Morgan fingerprint density at radius 3 is 2.11 bits per heavy atom. The van der Waals surface area contributed by atoms with Crippen molar-refractivity contribution in [2.24, 2.45) is 5.92 Å². The number of benzene rings is 1. The lowest BCUT2D eigenvalue weighted by Crippen LogP contribution is -2.39. The van der Waals surface area contributed by atoms with Gasteiger partial charge in [-0.05, 0) is 69.3 Å². The fourth-order valence-electron chi connectivity index (χ4n) is 2.97. The second-order valence-electron chi connectivity index (χ2n) is 5.81. The summed E-state index contributed by atoms with van der Waals surface area (Å²) in [5.41, 5.74) is 1.43. The third-order valence-corrected chi connectivity index (χ3v) is 4.66. The molecule has 1 aliphatic rings. The number of halogens is 1. The molecule has 0 radical (unpaired) electrons. The molecule has 1 fully saturated rings. The van der Waals surface area contributed by atoms with Gasteiger partial charge in [0.15, 0.2) is 0 Å². The van der Waals surface area contributed by atoms with Crippen LogP contribution in [0.5, 0.6) is 0 Å². The average Bonchev–Trinajstić information content (AvgIpc) is 2.39. The molecule has 0 aromatic heterocycles. The summed E-state index contributed by atoms with van der Waals surface area (Å²) in [5, 5.41) is 0.834. The first-order chi connectivity index (χ1) is 8.58. The van der Waals surface area contributed by atoms with Crippen molar-refractivity contribution in [3.8, 4) is 0 Å². The predicted molar refractivity (Wildman–Crippen MR) is 79.3 cm³/mol. The first kappa shape index (κ1) is 13.9. The van der Waals surface area contributed by atoms with Crippen molar-refractivity contribution >= 4 is 11.6 Å². The zero-order chi connectivity index (χ0) is 13.1. The van der Waals surface area contributed by atoms with E-state index in [0.717, 1.165) is 10.9 Å². The van der Waals surface area contributed by atoms with Gasteiger partial charge in [-0.15, -0.1) is 0 Å². The van der Waals surface area contributed by atoms with E-state index < -0.39 is 0 Å². The van der Waals surface area contributed by atoms with Gasteiger partial charge < -0.3 is 4.90 Å². The molecule has 0 spiro atoms. The monoisotopic (exact) mass is 265 g/mol. The van der Waals surface area contributed by atoms with Gasteiger partial charge in [0.1, 0.15) is 0 Å². The minimum atomic E-state index is 0.650. The van der Waals surface area contributed by atoms with Gasteiger partial charge in [-0.2, -0.15) is 0 Å². The first-order valence-corrected chi connectivity index (χ1v) is 7.45. The summed E-state index contributed by atoms with van der Waals surface area (Å²) in [4.78, 5) is 2.59. The van der Waals surface area contributed by atoms with Gasteiger partial charge in [0.2, 0.25) is 0 Å². The minimum Gasteiger partial charge on any atom is -0.301 e. The van der Waals surface area contributed by atoms with Gasteiger partial charge in [-0.1, -0.05) is 30.7 Å². The molecule has 100 valence electrons. The number of hydrogen-bond donors (Lipinski definition) is 0. The Bertz CT molecular complexity index is 363. The third kappa shape index (κ3) is 3.27. The second-order valence-corrected chi connectivity index (χ2v) is 6.24. The molecule has 1 aliphatic heterocycles. The Morgan fingerprint density at radius 1 is 1.06 bits per heavy atom. The lowest BCUT2D eigenvalue weighted by atomic mass is 9.81. The van der Waals surface area contributed by atoms with Crippen LogP contribution in [0.15, 0.2) is 24.3 Å². The highest BCUT2D eigenvalue weighted by Gasteiger charge is 2.25. The van der Waals surface area contributed by atoms with Crippen molar-refractivity contribution in [1.82, 2.24) is 4.90 Å². The van der Waals surface area contributed by atoms with E-state index >= 15 is 0 Å². The van der Waals surface area contributed by atoms with Crippen LogP contribution in [0.1, 0.15) is 45.1 Å². The topological polar surface area (TPSA) is 3.24 Å². The van der Waals surface area contributed by atoms with Crippen LogP contribution in [-0.2, 0) is 0 Å². The molecule has 1 saturated heterocycles. The molecule has 1 heterocycles. The molecule has 1 atom stereocenters. The molecule has 2 rings (SSSR count). The molecular weight excluding hydrogens is 242 g/mol.